The van der Waals surface area contributed by atoms with E-state index in [1.165, 1.54) is 37.7 Å². The molecule has 1 saturated carbocycles. The molecule has 1 heterocycles. The monoisotopic (exact) mass is 289 g/mol. The standard InChI is InChI=1S/C18H27NO2/c1-3-18(9-4-5-10-18)17(19-2)14-7-8-15-16(13-14)21-12-6-11-20-15/h7-8,13,17,19H,3-6,9-12H2,1-2H3. The quantitative estimate of drug-likeness (QED) is 0.906. The second-order valence-electron chi connectivity index (χ2n) is 6.40. The van der Waals surface area contributed by atoms with Gasteiger partial charge in [-0.15, -0.1) is 0 Å². The van der Waals surface area contributed by atoms with Gasteiger partial charge in [0.25, 0.3) is 0 Å². The normalized spacial score (nSPS) is 21.8. The predicted molar refractivity (Wildman–Crippen MR) is 85.0 cm³/mol. The average molecular weight is 289 g/mol. The zero-order valence-corrected chi connectivity index (χ0v) is 13.3. The summed E-state index contributed by atoms with van der Waals surface area (Å²) in [7, 11) is 2.09. The first-order valence-electron chi connectivity index (χ1n) is 8.36. The zero-order chi connectivity index (χ0) is 14.7. The van der Waals surface area contributed by atoms with Crippen molar-refractivity contribution in [3.8, 4) is 11.5 Å². The third kappa shape index (κ3) is 2.76. The highest BCUT2D eigenvalue weighted by molar-refractivity contribution is 5.44. The Bertz CT molecular complexity index is 480. The SMILES string of the molecule is CCC1(C(NC)c2ccc3c(c2)OCCCO3)CCCC1. The highest BCUT2D eigenvalue weighted by atomic mass is 16.5. The fourth-order valence-electron chi connectivity index (χ4n) is 4.11. The summed E-state index contributed by atoms with van der Waals surface area (Å²) < 4.78 is 11.6. The minimum atomic E-state index is 0.397. The van der Waals surface area contributed by atoms with Crippen molar-refractivity contribution in [1.29, 1.82) is 0 Å². The molecule has 0 radical (unpaired) electrons. The van der Waals surface area contributed by atoms with Crippen molar-refractivity contribution in [3.63, 3.8) is 0 Å². The zero-order valence-electron chi connectivity index (χ0n) is 13.3. The van der Waals surface area contributed by atoms with Crippen LogP contribution in [0.15, 0.2) is 18.2 Å². The molecule has 0 aromatic heterocycles. The van der Waals surface area contributed by atoms with Gasteiger partial charge in [0.2, 0.25) is 0 Å². The lowest BCUT2D eigenvalue weighted by Gasteiger charge is -2.37. The Balaban J connectivity index is 1.92. The molecule has 1 aromatic rings. The molecule has 116 valence electrons. The summed E-state index contributed by atoms with van der Waals surface area (Å²) in [6.45, 7) is 3.83. The Morgan fingerprint density at radius 1 is 1.10 bits per heavy atom. The summed E-state index contributed by atoms with van der Waals surface area (Å²) in [6.07, 6.45) is 7.55. The van der Waals surface area contributed by atoms with Gasteiger partial charge in [0.15, 0.2) is 11.5 Å². The maximum atomic E-state index is 5.86. The minimum Gasteiger partial charge on any atom is -0.490 e. The van der Waals surface area contributed by atoms with Crippen LogP contribution in [0.25, 0.3) is 0 Å². The van der Waals surface area contributed by atoms with E-state index >= 15 is 0 Å². The summed E-state index contributed by atoms with van der Waals surface area (Å²) in [5.74, 6) is 1.80. The van der Waals surface area contributed by atoms with Gasteiger partial charge >= 0.3 is 0 Å². The van der Waals surface area contributed by atoms with Crippen LogP contribution in [0, 0.1) is 5.41 Å². The molecule has 0 bridgehead atoms. The highest BCUT2D eigenvalue weighted by Gasteiger charge is 2.40. The van der Waals surface area contributed by atoms with Gasteiger partial charge in [-0.2, -0.15) is 0 Å². The van der Waals surface area contributed by atoms with Crippen molar-refractivity contribution >= 4 is 0 Å². The molecular formula is C18H27NO2. The van der Waals surface area contributed by atoms with E-state index in [1.54, 1.807) is 0 Å². The summed E-state index contributed by atoms with van der Waals surface area (Å²) in [5.41, 5.74) is 1.74. The van der Waals surface area contributed by atoms with Gasteiger partial charge in [0.05, 0.1) is 13.2 Å². The van der Waals surface area contributed by atoms with Crippen molar-refractivity contribution in [2.24, 2.45) is 5.41 Å². The fourth-order valence-corrected chi connectivity index (χ4v) is 4.11. The molecule has 1 aromatic carbocycles. The smallest absolute Gasteiger partial charge is 0.161 e. The number of hydrogen-bond donors (Lipinski definition) is 1. The van der Waals surface area contributed by atoms with Gasteiger partial charge in [0, 0.05) is 12.5 Å². The molecule has 3 nitrogen and oxygen atoms in total. The molecule has 1 atom stereocenters. The molecular weight excluding hydrogens is 262 g/mol. The Morgan fingerprint density at radius 3 is 2.48 bits per heavy atom. The summed E-state index contributed by atoms with van der Waals surface area (Å²) in [6, 6.07) is 6.89. The van der Waals surface area contributed by atoms with Gasteiger partial charge in [0.1, 0.15) is 0 Å². The van der Waals surface area contributed by atoms with Crippen LogP contribution in [0.5, 0.6) is 11.5 Å². The lowest BCUT2D eigenvalue weighted by Crippen LogP contribution is -2.34. The molecule has 1 N–H and O–H groups in total. The van der Waals surface area contributed by atoms with Crippen molar-refractivity contribution in [3.05, 3.63) is 23.8 Å². The van der Waals surface area contributed by atoms with Gasteiger partial charge in [-0.1, -0.05) is 25.8 Å². The Kier molecular flexibility index (Phi) is 4.39. The first-order chi connectivity index (χ1) is 10.3. The first kappa shape index (κ1) is 14.7. The minimum absolute atomic E-state index is 0.397. The van der Waals surface area contributed by atoms with E-state index in [-0.39, 0.29) is 0 Å². The van der Waals surface area contributed by atoms with Crippen molar-refractivity contribution in [2.45, 2.75) is 51.5 Å². The molecule has 0 spiro atoms. The Labute approximate surface area is 128 Å². The van der Waals surface area contributed by atoms with Crippen LogP contribution in [0.3, 0.4) is 0 Å². The molecule has 3 rings (SSSR count). The van der Waals surface area contributed by atoms with E-state index in [0.717, 1.165) is 31.1 Å². The van der Waals surface area contributed by atoms with Crippen molar-refractivity contribution in [2.75, 3.05) is 20.3 Å². The van der Waals surface area contributed by atoms with Crippen LogP contribution in [0.2, 0.25) is 0 Å². The van der Waals surface area contributed by atoms with Gasteiger partial charge in [-0.25, -0.2) is 0 Å². The number of hydrogen-bond acceptors (Lipinski definition) is 3. The maximum absolute atomic E-state index is 5.86. The van der Waals surface area contributed by atoms with Crippen LogP contribution in [-0.2, 0) is 0 Å². The van der Waals surface area contributed by atoms with E-state index in [1.807, 2.05) is 0 Å². The van der Waals surface area contributed by atoms with E-state index < -0.39 is 0 Å². The van der Waals surface area contributed by atoms with E-state index in [4.69, 9.17) is 9.47 Å². The van der Waals surface area contributed by atoms with Gasteiger partial charge < -0.3 is 14.8 Å². The first-order valence-corrected chi connectivity index (χ1v) is 8.36. The van der Waals surface area contributed by atoms with Crippen LogP contribution < -0.4 is 14.8 Å². The fraction of sp³-hybridized carbons (Fsp3) is 0.667. The Hall–Kier alpha value is -1.22. The summed E-state index contributed by atoms with van der Waals surface area (Å²) in [5, 5.41) is 3.58. The largest absolute Gasteiger partial charge is 0.490 e. The molecule has 0 saturated heterocycles. The van der Waals surface area contributed by atoms with Crippen molar-refractivity contribution < 1.29 is 9.47 Å². The third-order valence-electron chi connectivity index (χ3n) is 5.31. The van der Waals surface area contributed by atoms with Crippen molar-refractivity contribution in [1.82, 2.24) is 5.32 Å². The third-order valence-corrected chi connectivity index (χ3v) is 5.31. The topological polar surface area (TPSA) is 30.5 Å². The lowest BCUT2D eigenvalue weighted by atomic mass is 9.73. The second-order valence-corrected chi connectivity index (χ2v) is 6.40. The van der Waals surface area contributed by atoms with E-state index in [2.05, 4.69) is 37.5 Å². The molecule has 2 aliphatic rings. The molecule has 3 heteroatoms. The number of ether oxygens (including phenoxy) is 2. The van der Waals surface area contributed by atoms with Crippen LogP contribution in [0.1, 0.15) is 57.1 Å². The number of nitrogens with one attached hydrogen (secondary N) is 1. The predicted octanol–water partition coefficient (Wildman–Crippen LogP) is 4.08. The molecule has 1 aliphatic carbocycles. The number of fused-ring (bicyclic) bond motifs is 1. The van der Waals surface area contributed by atoms with Crippen LogP contribution in [0.4, 0.5) is 0 Å². The average Bonchev–Trinajstić information content (AvgIpc) is 2.87. The summed E-state index contributed by atoms with van der Waals surface area (Å²) in [4.78, 5) is 0. The van der Waals surface area contributed by atoms with Crippen LogP contribution >= 0.6 is 0 Å². The molecule has 1 aliphatic heterocycles. The molecule has 1 fully saturated rings. The number of rotatable bonds is 4. The Morgan fingerprint density at radius 2 is 1.81 bits per heavy atom. The molecule has 1 unspecified atom stereocenters. The van der Waals surface area contributed by atoms with E-state index in [9.17, 15) is 0 Å². The van der Waals surface area contributed by atoms with Gasteiger partial charge in [-0.05, 0) is 49.4 Å². The highest BCUT2D eigenvalue weighted by Crippen LogP contribution is 2.50. The molecule has 21 heavy (non-hydrogen) atoms. The number of benzene rings is 1. The van der Waals surface area contributed by atoms with Crippen LogP contribution in [-0.4, -0.2) is 20.3 Å². The van der Waals surface area contributed by atoms with E-state index in [0.29, 0.717) is 11.5 Å². The lowest BCUT2D eigenvalue weighted by molar-refractivity contribution is 0.195. The maximum Gasteiger partial charge on any atom is 0.161 e. The van der Waals surface area contributed by atoms with Gasteiger partial charge in [-0.3, -0.25) is 0 Å². The summed E-state index contributed by atoms with van der Waals surface area (Å²) >= 11 is 0. The molecule has 0 amide bonds. The second kappa shape index (κ2) is 6.27.